The summed E-state index contributed by atoms with van der Waals surface area (Å²) in [5, 5.41) is 6.93. The summed E-state index contributed by atoms with van der Waals surface area (Å²) in [6.45, 7) is 6.07. The number of hydrogen-bond acceptors (Lipinski definition) is 6. The van der Waals surface area contributed by atoms with Gasteiger partial charge in [0.2, 0.25) is 5.88 Å². The number of ether oxygens (including phenoxy) is 1. The second kappa shape index (κ2) is 12.5. The zero-order valence-corrected chi connectivity index (χ0v) is 22.7. The van der Waals surface area contributed by atoms with Crippen LogP contribution < -0.4 is 14.8 Å². The standard InChI is InChI=1S/C25H29Cl2N3O5S/c1-4-5-6-7-8-13-34-23-21(26)14-18(15-22(23)27)24(31)28-19-9-11-20(12-10-19)36(32,33)30-25-16(2)17(3)29-35-25/h9-12,14-15,30H,4-8,13H2,1-3H3,(H,28,31). The highest BCUT2D eigenvalue weighted by Crippen LogP contribution is 2.34. The number of amides is 1. The number of unbranched alkanes of at least 4 members (excludes halogenated alkanes) is 4. The average molecular weight is 554 g/mol. The number of carbonyl (C=O) groups excluding carboxylic acids is 1. The van der Waals surface area contributed by atoms with Gasteiger partial charge in [-0.1, -0.05) is 61.0 Å². The van der Waals surface area contributed by atoms with E-state index in [1.807, 2.05) is 0 Å². The van der Waals surface area contributed by atoms with Gasteiger partial charge in [0.05, 0.1) is 27.2 Å². The van der Waals surface area contributed by atoms with Crippen molar-refractivity contribution in [3.63, 3.8) is 0 Å². The zero-order valence-electron chi connectivity index (χ0n) is 20.4. The van der Waals surface area contributed by atoms with Crippen LogP contribution in [0, 0.1) is 13.8 Å². The van der Waals surface area contributed by atoms with E-state index in [-0.39, 0.29) is 26.4 Å². The molecular weight excluding hydrogens is 525 g/mol. The maximum Gasteiger partial charge on any atom is 0.264 e. The van der Waals surface area contributed by atoms with Crippen LogP contribution in [0.3, 0.4) is 0 Å². The molecule has 0 radical (unpaired) electrons. The Morgan fingerprint density at radius 1 is 1.03 bits per heavy atom. The van der Waals surface area contributed by atoms with Crippen LogP contribution in [-0.4, -0.2) is 26.1 Å². The molecule has 0 unspecified atom stereocenters. The van der Waals surface area contributed by atoms with Crippen molar-refractivity contribution in [3.05, 3.63) is 63.3 Å². The van der Waals surface area contributed by atoms with E-state index >= 15 is 0 Å². The first-order chi connectivity index (χ1) is 17.1. The highest BCUT2D eigenvalue weighted by molar-refractivity contribution is 7.92. The lowest BCUT2D eigenvalue weighted by molar-refractivity contribution is 0.102. The Balaban J connectivity index is 1.62. The summed E-state index contributed by atoms with van der Waals surface area (Å²) in [5.41, 5.74) is 1.83. The fourth-order valence-electron chi connectivity index (χ4n) is 3.32. The predicted molar refractivity (Wildman–Crippen MR) is 142 cm³/mol. The number of aromatic nitrogens is 1. The Labute approximate surface area is 221 Å². The van der Waals surface area contributed by atoms with Gasteiger partial charge in [-0.05, 0) is 56.7 Å². The molecule has 194 valence electrons. The lowest BCUT2D eigenvalue weighted by Crippen LogP contribution is -2.14. The molecule has 8 nitrogen and oxygen atoms in total. The highest BCUT2D eigenvalue weighted by Gasteiger charge is 2.20. The molecule has 1 aromatic heterocycles. The first-order valence-corrected chi connectivity index (χ1v) is 13.8. The third kappa shape index (κ3) is 7.15. The molecule has 3 rings (SSSR count). The minimum Gasteiger partial charge on any atom is -0.490 e. The number of nitrogens with one attached hydrogen (secondary N) is 2. The van der Waals surface area contributed by atoms with Crippen molar-refractivity contribution in [2.75, 3.05) is 16.6 Å². The van der Waals surface area contributed by atoms with Crippen LogP contribution in [0.15, 0.2) is 45.8 Å². The highest BCUT2D eigenvalue weighted by atomic mass is 35.5. The van der Waals surface area contributed by atoms with Gasteiger partial charge >= 0.3 is 0 Å². The molecule has 0 aliphatic rings. The molecule has 3 aromatic rings. The van der Waals surface area contributed by atoms with Crippen LogP contribution in [0.5, 0.6) is 5.75 Å². The summed E-state index contributed by atoms with van der Waals surface area (Å²) < 4.78 is 38.4. The lowest BCUT2D eigenvalue weighted by atomic mass is 10.1. The smallest absolute Gasteiger partial charge is 0.264 e. The third-order valence-corrected chi connectivity index (χ3v) is 7.47. The Morgan fingerprint density at radius 3 is 2.25 bits per heavy atom. The van der Waals surface area contributed by atoms with E-state index in [0.717, 1.165) is 19.3 Å². The first kappa shape index (κ1) is 27.8. The van der Waals surface area contributed by atoms with Crippen LogP contribution >= 0.6 is 23.2 Å². The molecular formula is C25H29Cl2N3O5S. The van der Waals surface area contributed by atoms with Crippen molar-refractivity contribution in [2.24, 2.45) is 0 Å². The molecule has 0 aliphatic heterocycles. The van der Waals surface area contributed by atoms with Crippen molar-refractivity contribution >= 4 is 50.7 Å². The van der Waals surface area contributed by atoms with E-state index in [1.54, 1.807) is 13.8 Å². The van der Waals surface area contributed by atoms with Gasteiger partial charge < -0.3 is 14.6 Å². The summed E-state index contributed by atoms with van der Waals surface area (Å²) in [4.78, 5) is 12.7. The average Bonchev–Trinajstić information content (AvgIpc) is 3.14. The minimum absolute atomic E-state index is 0.00348. The fourth-order valence-corrected chi connectivity index (χ4v) is 4.96. The summed E-state index contributed by atoms with van der Waals surface area (Å²) in [5.74, 6) is -0.0430. The Morgan fingerprint density at radius 2 is 1.67 bits per heavy atom. The molecule has 0 saturated carbocycles. The molecule has 0 saturated heterocycles. The first-order valence-electron chi connectivity index (χ1n) is 11.6. The zero-order chi connectivity index (χ0) is 26.3. The minimum atomic E-state index is -3.90. The van der Waals surface area contributed by atoms with Gasteiger partial charge in [0, 0.05) is 16.8 Å². The normalized spacial score (nSPS) is 11.4. The van der Waals surface area contributed by atoms with Gasteiger partial charge in [-0.15, -0.1) is 0 Å². The summed E-state index contributed by atoms with van der Waals surface area (Å²) in [6.07, 6.45) is 5.49. The number of halogens is 2. The molecule has 1 heterocycles. The third-order valence-electron chi connectivity index (χ3n) is 5.56. The van der Waals surface area contributed by atoms with Crippen molar-refractivity contribution in [1.82, 2.24) is 5.16 Å². The number of benzene rings is 2. The van der Waals surface area contributed by atoms with E-state index in [9.17, 15) is 13.2 Å². The van der Waals surface area contributed by atoms with Crippen molar-refractivity contribution in [2.45, 2.75) is 57.8 Å². The molecule has 2 N–H and O–H groups in total. The molecule has 0 spiro atoms. The number of rotatable bonds is 12. The van der Waals surface area contributed by atoms with Crippen molar-refractivity contribution in [3.8, 4) is 5.75 Å². The SMILES string of the molecule is CCCCCCCOc1c(Cl)cc(C(=O)Nc2ccc(S(=O)(=O)Nc3onc(C)c3C)cc2)cc1Cl. The summed E-state index contributed by atoms with van der Waals surface area (Å²) in [7, 11) is -3.90. The van der Waals surface area contributed by atoms with E-state index in [1.165, 1.54) is 49.2 Å². The molecule has 1 amide bonds. The fraction of sp³-hybridized carbons (Fsp3) is 0.360. The van der Waals surface area contributed by atoms with Gasteiger partial charge in [0.1, 0.15) is 0 Å². The van der Waals surface area contributed by atoms with Crippen molar-refractivity contribution < 1.29 is 22.5 Å². The number of carbonyl (C=O) groups is 1. The Bertz CT molecular complexity index is 1280. The van der Waals surface area contributed by atoms with E-state index < -0.39 is 15.9 Å². The Hall–Kier alpha value is -2.75. The van der Waals surface area contributed by atoms with Crippen LogP contribution in [0.25, 0.3) is 0 Å². The van der Waals surface area contributed by atoms with E-state index in [4.69, 9.17) is 32.5 Å². The van der Waals surface area contributed by atoms with Crippen molar-refractivity contribution in [1.29, 1.82) is 0 Å². The van der Waals surface area contributed by atoms with E-state index in [2.05, 4.69) is 22.1 Å². The molecule has 0 atom stereocenters. The summed E-state index contributed by atoms with van der Waals surface area (Å²) in [6, 6.07) is 8.66. The molecule has 11 heteroatoms. The van der Waals surface area contributed by atoms with Gasteiger partial charge in [-0.3, -0.25) is 4.79 Å². The number of anilines is 2. The quantitative estimate of drug-likeness (QED) is 0.233. The molecule has 2 aromatic carbocycles. The monoisotopic (exact) mass is 553 g/mol. The predicted octanol–water partition coefficient (Wildman–Crippen LogP) is 7.00. The topological polar surface area (TPSA) is 111 Å². The van der Waals surface area contributed by atoms with E-state index in [0.29, 0.717) is 29.3 Å². The van der Waals surface area contributed by atoms with Crippen LogP contribution in [0.2, 0.25) is 10.0 Å². The van der Waals surface area contributed by atoms with Gasteiger partial charge in [-0.2, -0.15) is 0 Å². The molecule has 0 fully saturated rings. The maximum atomic E-state index is 12.7. The number of aryl methyl sites for hydroxylation is 1. The number of hydrogen-bond donors (Lipinski definition) is 2. The van der Waals surface area contributed by atoms with Gasteiger partial charge in [0.15, 0.2) is 5.75 Å². The number of nitrogens with zero attached hydrogens (tertiary/aromatic N) is 1. The van der Waals surface area contributed by atoms with Crippen LogP contribution in [-0.2, 0) is 10.0 Å². The molecule has 36 heavy (non-hydrogen) atoms. The number of sulfonamides is 1. The molecule has 0 aliphatic carbocycles. The second-order valence-electron chi connectivity index (χ2n) is 8.34. The largest absolute Gasteiger partial charge is 0.490 e. The summed E-state index contributed by atoms with van der Waals surface area (Å²) >= 11 is 12.6. The molecule has 0 bridgehead atoms. The van der Waals surface area contributed by atoms with Crippen LogP contribution in [0.4, 0.5) is 11.6 Å². The maximum absolute atomic E-state index is 12.7. The lowest BCUT2D eigenvalue weighted by Gasteiger charge is -2.12. The van der Waals surface area contributed by atoms with Gasteiger partial charge in [-0.25, -0.2) is 13.1 Å². The van der Waals surface area contributed by atoms with Gasteiger partial charge in [0.25, 0.3) is 15.9 Å². The van der Waals surface area contributed by atoms with Crippen LogP contribution in [0.1, 0.15) is 60.6 Å². The second-order valence-corrected chi connectivity index (χ2v) is 10.8. The Kier molecular flexibility index (Phi) is 9.64.